The maximum absolute atomic E-state index is 7.26. The van der Waals surface area contributed by atoms with Gasteiger partial charge < -0.3 is 0 Å². The minimum atomic E-state index is -3.78. The maximum atomic E-state index is 7.26. The second-order valence-corrected chi connectivity index (χ2v) is 30.8. The van der Waals surface area contributed by atoms with Crippen LogP contribution in [0, 0.1) is 0 Å². The van der Waals surface area contributed by atoms with E-state index < -0.39 is 314 Å². The summed E-state index contributed by atoms with van der Waals surface area (Å²) >= 11 is 0. The molecule has 101 heteroatoms. The highest BCUT2D eigenvalue weighted by Crippen LogP contribution is 2.54. The molecule has 0 saturated carbocycles. The number of rotatable bonds is 49. The molecule has 0 aromatic rings. The highest BCUT2D eigenvalue weighted by Gasteiger charge is 2.68. The predicted molar refractivity (Wildman–Crippen MR) is 582 cm³/mol. The fourth-order valence-electron chi connectivity index (χ4n) is 17.4. The summed E-state index contributed by atoms with van der Waals surface area (Å²) in [5, 5.41) is 0. The smallest absolute Gasteiger partial charge is 0.0527 e. The Morgan fingerprint density at radius 2 is 0.208 bits per heavy atom. The van der Waals surface area contributed by atoms with E-state index in [4.69, 9.17) is 395 Å². The molecule has 0 bridgehead atoms. The van der Waals surface area contributed by atoms with E-state index >= 15 is 0 Å². The van der Waals surface area contributed by atoms with Gasteiger partial charge in [-0.3, -0.25) is 7.56 Å². The lowest BCUT2D eigenvalue weighted by atomic mass is 8.33. The lowest BCUT2D eigenvalue weighted by Gasteiger charge is -2.64. The van der Waals surface area contributed by atoms with Crippen molar-refractivity contribution in [2.75, 3.05) is 0 Å². The van der Waals surface area contributed by atoms with Crippen molar-refractivity contribution in [3.63, 3.8) is 0 Å². The summed E-state index contributed by atoms with van der Waals surface area (Å²) in [6.07, 6.45) is -89.9. The zero-order valence-electron chi connectivity index (χ0n) is 58.2. The fourth-order valence-corrected chi connectivity index (χ4v) is 23.3. The first-order valence-corrected chi connectivity index (χ1v) is 34.7. The molecule has 0 atom stereocenters. The molecule has 0 spiro atoms. The molecular formula is B100P. The Bertz CT molecular complexity index is 1720. The van der Waals surface area contributed by atoms with Gasteiger partial charge in [0.25, 0.3) is 0 Å². The van der Waals surface area contributed by atoms with Gasteiger partial charge in [0.1, 0.15) is 0 Å². The summed E-state index contributed by atoms with van der Waals surface area (Å²) in [6.45, 7) is 0. The molecule has 0 saturated heterocycles. The first-order chi connectivity index (χ1) is 46.0. The SMILES string of the molecule is [B][B]B(B([B])[B])B(B(B([B])[B])B([B])[B])B(B(B([B])[B])B([B])[B])B(B(B(B([B])[B])B([B])[B])B(B([B])[B])B([B])[B])P(B(B(B(B([B])[B])B([B])[B])B(B([B])[B])B([B])[B])B(B(B([B])[B])B([B])[B])B(B([B])[B])B([B])[B])B(B(B(B([B])[B])B([B])[B])B(B([B])[B])B([B])[B])B(B(B([B])[B])B([B])[B])B(B([B])[B])B([B])[B]. The summed E-state index contributed by atoms with van der Waals surface area (Å²) in [7, 11) is 361. The van der Waals surface area contributed by atoms with E-state index in [2.05, 4.69) is 0 Å². The monoisotopic (exact) mass is 1130 g/mol. The first kappa shape index (κ1) is 108. The summed E-state index contributed by atoms with van der Waals surface area (Å²) < 4.78 is 0. The van der Waals surface area contributed by atoms with Crippen molar-refractivity contribution in [1.82, 2.24) is 0 Å². The van der Waals surface area contributed by atoms with Crippen molar-refractivity contribution >= 4 is 715 Å². The van der Waals surface area contributed by atoms with Gasteiger partial charge in [0.15, 0.2) is 0 Å². The molecule has 305 valence electrons. The molecule has 0 aliphatic heterocycles. The van der Waals surface area contributed by atoms with E-state index in [1.165, 1.54) is 0 Å². The van der Waals surface area contributed by atoms with Crippen LogP contribution in [0.4, 0.5) is 0 Å². The summed E-state index contributed by atoms with van der Waals surface area (Å²) in [5.41, 5.74) is 0. The average molecular weight is 1110 g/mol. The molecule has 0 N–H and O–H groups in total. The summed E-state index contributed by atoms with van der Waals surface area (Å²) in [5.74, 6) is 0. The Kier molecular flexibility index (Phi) is 53.4. The lowest BCUT2D eigenvalue weighted by Crippen LogP contribution is -2.94. The maximum Gasteiger partial charge on any atom is 0.0527 e. The van der Waals surface area contributed by atoms with Gasteiger partial charge >= 0.3 is 0 Å². The van der Waals surface area contributed by atoms with Crippen LogP contribution in [0.2, 0.25) is 0 Å². The van der Waals surface area contributed by atoms with Crippen LogP contribution < -0.4 is 0 Å². The molecule has 103 radical (unpaired) electrons. The first-order valence-electron chi connectivity index (χ1n) is 33.1. The Morgan fingerprint density at radius 1 is 0.119 bits per heavy atom. The molecule has 0 fully saturated rings. The van der Waals surface area contributed by atoms with Crippen LogP contribution in [0.1, 0.15) is 0 Å². The van der Waals surface area contributed by atoms with E-state index in [9.17, 15) is 0 Å². The predicted octanol–water partition coefficient (Wildman–Crippen LogP) is -37.2. The fraction of sp³-hybridized carbons (Fsp3) is 0. The third-order valence-electron chi connectivity index (χ3n) is 21.0. The molecule has 0 heterocycles. The van der Waals surface area contributed by atoms with Crippen molar-refractivity contribution in [2.24, 2.45) is 0 Å². The topological polar surface area (TPSA) is 0 Å². The van der Waals surface area contributed by atoms with Crippen LogP contribution in [0.25, 0.3) is 0 Å². The van der Waals surface area contributed by atoms with E-state index in [-0.39, 0.29) is 0 Å². The summed E-state index contributed by atoms with van der Waals surface area (Å²) in [4.78, 5) is 0. The highest BCUT2D eigenvalue weighted by atomic mass is 31.1. The van der Waals surface area contributed by atoms with Crippen molar-refractivity contribution in [3.8, 4) is 0 Å². The largest absolute Gasteiger partial charge is 0.253 e. The summed E-state index contributed by atoms with van der Waals surface area (Å²) in [6, 6.07) is 0. The molecule has 0 aromatic carbocycles. The standard InChI is InChI=1S/B100P/c1-52-78(53(2)3)91(79(54(4)5)55(6)7)97(90(76(48)49)77(50)51)100(96(88(72(40)41)73(42)43)89(74(44)45)75(46)47)101(98(92(80(56(8)9)57(10)11)81(58(12)13)59(14)15)93(82(60(16)17)61(18)19)83(62(20)21)63(22)23)99(94(84(64(24)25)65(26)27)85(66(28)29)67(30)31)95(86(68(32)33)69(34)35)87(70(36)37)71(38)39. The minimum Gasteiger partial charge on any atom is -0.253 e. The Hall–Kier alpha value is 6.92. The Morgan fingerprint density at radius 3 is 0.287 bits per heavy atom. The molecule has 0 aliphatic rings. The van der Waals surface area contributed by atoms with Crippen LogP contribution in [-0.2, 0) is 0 Å². The van der Waals surface area contributed by atoms with Gasteiger partial charge in [-0.2, -0.15) is 0 Å². The zero-order chi connectivity index (χ0) is 80.0. The van der Waals surface area contributed by atoms with Gasteiger partial charge in [-0.15, -0.1) is 0 Å². The zero-order valence-corrected chi connectivity index (χ0v) is 59.1. The number of hydrogen-bond acceptors (Lipinski definition) is 0. The van der Waals surface area contributed by atoms with Gasteiger partial charge in [0, 0.05) is 689 Å². The van der Waals surface area contributed by atoms with Crippen LogP contribution >= 0.6 is 7.56 Å². The van der Waals surface area contributed by atoms with Crippen LogP contribution in [0.3, 0.4) is 0 Å². The van der Waals surface area contributed by atoms with Gasteiger partial charge in [-0.1, -0.05) is 0 Å². The Labute approximate surface area is 707 Å². The van der Waals surface area contributed by atoms with Crippen molar-refractivity contribution in [3.05, 3.63) is 0 Å². The van der Waals surface area contributed by atoms with Gasteiger partial charge in [0.2, 0.25) is 0 Å². The minimum absolute atomic E-state index is 1.03. The third-order valence-corrected chi connectivity index (χ3v) is 25.1. The molecular weight excluding hydrogens is 1110 g/mol. The molecule has 0 aromatic heterocycles. The van der Waals surface area contributed by atoms with E-state index in [0.717, 1.165) is 7.06 Å². The van der Waals surface area contributed by atoms with Crippen LogP contribution in [0.5, 0.6) is 0 Å². The van der Waals surface area contributed by atoms with Crippen molar-refractivity contribution < 1.29 is 0 Å². The van der Waals surface area contributed by atoms with Gasteiger partial charge in [0.05, 0.1) is 18.6 Å². The van der Waals surface area contributed by atoms with E-state index in [1.54, 1.807) is 0 Å². The van der Waals surface area contributed by atoms with E-state index in [1.807, 2.05) is 0 Å². The highest BCUT2D eigenvalue weighted by molar-refractivity contribution is 8.65. The molecule has 101 heavy (non-hydrogen) atoms. The molecule has 0 nitrogen and oxygen atoms in total. The molecule has 0 rings (SSSR count). The normalized spacial score (nSPS) is 9.91. The van der Waals surface area contributed by atoms with Crippen molar-refractivity contribution in [1.29, 1.82) is 0 Å². The second kappa shape index (κ2) is 50.0. The van der Waals surface area contributed by atoms with Gasteiger partial charge in [-0.05, 0) is 0 Å². The number of hydrogen-bond donors (Lipinski definition) is 0. The third kappa shape index (κ3) is 29.2. The van der Waals surface area contributed by atoms with Crippen LogP contribution in [0.15, 0.2) is 0 Å². The molecule has 0 amide bonds. The van der Waals surface area contributed by atoms with Gasteiger partial charge in [-0.25, -0.2) is 0 Å². The second-order valence-electron chi connectivity index (χ2n) is 28.1. The molecule has 0 unspecified atom stereocenters. The van der Waals surface area contributed by atoms with Crippen LogP contribution in [-0.4, -0.2) is 708 Å². The van der Waals surface area contributed by atoms with Crippen molar-refractivity contribution in [2.45, 2.75) is 0 Å². The average Bonchev–Trinajstić information content (AvgIpc) is 0.709. The molecule has 0 aliphatic carbocycles. The Balaban J connectivity index is 14.8. The quantitative estimate of drug-likeness (QED) is 0.0421. The van der Waals surface area contributed by atoms with E-state index in [0.29, 0.717) is 0 Å². The lowest BCUT2D eigenvalue weighted by molar-refractivity contribution is 3.20.